The van der Waals surface area contributed by atoms with Crippen LogP contribution in [0.15, 0.2) is 23.1 Å². The highest BCUT2D eigenvalue weighted by atomic mass is 32.1. The van der Waals surface area contributed by atoms with Crippen molar-refractivity contribution in [1.29, 1.82) is 0 Å². The van der Waals surface area contributed by atoms with Crippen molar-refractivity contribution in [1.82, 2.24) is 0 Å². The summed E-state index contributed by atoms with van der Waals surface area (Å²) in [4.78, 5) is 11.3. The van der Waals surface area contributed by atoms with E-state index < -0.39 is 0 Å². The van der Waals surface area contributed by atoms with Gasteiger partial charge in [0.25, 0.3) is 0 Å². The zero-order chi connectivity index (χ0) is 9.84. The third kappa shape index (κ3) is 2.32. The van der Waals surface area contributed by atoms with E-state index in [2.05, 4.69) is 12.6 Å². The molecule has 70 valence electrons. The van der Waals surface area contributed by atoms with E-state index in [0.717, 1.165) is 22.3 Å². The van der Waals surface area contributed by atoms with E-state index in [-0.39, 0.29) is 12.5 Å². The lowest BCUT2D eigenvalue weighted by Crippen LogP contribution is -1.96. The minimum Gasteiger partial charge on any atom is -0.392 e. The van der Waals surface area contributed by atoms with Gasteiger partial charge in [-0.15, -0.1) is 12.6 Å². The number of thiol groups is 1. The summed E-state index contributed by atoms with van der Waals surface area (Å²) in [6.07, 6.45) is 0.884. The van der Waals surface area contributed by atoms with Crippen LogP contribution < -0.4 is 0 Å². The predicted molar refractivity (Wildman–Crippen MR) is 54.1 cm³/mol. The van der Waals surface area contributed by atoms with Crippen molar-refractivity contribution in [2.75, 3.05) is 0 Å². The van der Waals surface area contributed by atoms with Gasteiger partial charge in [0.15, 0.2) is 0 Å². The Kier molecular flexibility index (Phi) is 3.51. The molecule has 0 heterocycles. The van der Waals surface area contributed by atoms with Crippen LogP contribution in [0.2, 0.25) is 0 Å². The molecule has 3 heteroatoms. The topological polar surface area (TPSA) is 37.3 Å². The number of hydrogen-bond donors (Lipinski definition) is 2. The zero-order valence-electron chi connectivity index (χ0n) is 7.40. The van der Waals surface area contributed by atoms with E-state index in [9.17, 15) is 4.79 Å². The molecular formula is C10H12O2S. The summed E-state index contributed by atoms with van der Waals surface area (Å²) in [5.74, 6) is -0.126. The highest BCUT2D eigenvalue weighted by molar-refractivity contribution is 7.80. The van der Waals surface area contributed by atoms with E-state index >= 15 is 0 Å². The molecule has 1 N–H and O–H groups in total. The molecule has 0 aromatic heterocycles. The fourth-order valence-corrected chi connectivity index (χ4v) is 1.30. The number of aliphatic hydroxyl groups excluding tert-OH is 1. The van der Waals surface area contributed by atoms with Crippen LogP contribution in [0.5, 0.6) is 0 Å². The minimum atomic E-state index is -0.126. The fraction of sp³-hybridized carbons (Fsp3) is 0.300. The van der Waals surface area contributed by atoms with Crippen molar-refractivity contribution in [3.05, 3.63) is 29.3 Å². The van der Waals surface area contributed by atoms with E-state index in [1.165, 1.54) is 0 Å². The molecule has 2 nitrogen and oxygen atoms in total. The number of aldehydes is 1. The number of carbonyl (C=O) groups is 1. The molecular weight excluding hydrogens is 184 g/mol. The Balaban J connectivity index is 3.05. The first-order chi connectivity index (χ1) is 6.19. The number of rotatable bonds is 3. The number of carbonyl (C=O) groups excluding carboxylic acids is 1. The van der Waals surface area contributed by atoms with Gasteiger partial charge in [0.1, 0.15) is 6.29 Å². The van der Waals surface area contributed by atoms with Crippen LogP contribution in [0.4, 0.5) is 0 Å². The molecule has 0 spiro atoms. The lowest BCUT2D eigenvalue weighted by Gasteiger charge is -2.07. The Hall–Kier alpha value is -0.800. The van der Waals surface area contributed by atoms with Crippen LogP contribution in [-0.4, -0.2) is 11.4 Å². The van der Waals surface area contributed by atoms with Gasteiger partial charge >= 0.3 is 0 Å². The fourth-order valence-electron chi connectivity index (χ4n) is 1.09. The molecule has 0 aliphatic rings. The van der Waals surface area contributed by atoms with Gasteiger partial charge in [-0.1, -0.05) is 19.1 Å². The van der Waals surface area contributed by atoms with Crippen LogP contribution in [0, 0.1) is 0 Å². The maximum absolute atomic E-state index is 10.5. The SMILES string of the molecule is CC(C=O)c1ccc(S)c(CO)c1. The molecule has 0 radical (unpaired) electrons. The van der Waals surface area contributed by atoms with Gasteiger partial charge in [0.05, 0.1) is 6.61 Å². The highest BCUT2D eigenvalue weighted by Gasteiger charge is 2.05. The van der Waals surface area contributed by atoms with Gasteiger partial charge in [-0.25, -0.2) is 0 Å². The number of benzene rings is 1. The first-order valence-electron chi connectivity index (χ1n) is 4.07. The highest BCUT2D eigenvalue weighted by Crippen LogP contribution is 2.20. The molecule has 0 aliphatic carbocycles. The lowest BCUT2D eigenvalue weighted by molar-refractivity contribution is -0.108. The van der Waals surface area contributed by atoms with E-state index in [1.807, 2.05) is 13.0 Å². The Labute approximate surface area is 83.0 Å². The number of hydrogen-bond acceptors (Lipinski definition) is 3. The average Bonchev–Trinajstić information content (AvgIpc) is 2.17. The minimum absolute atomic E-state index is 0.0434. The second-order valence-electron chi connectivity index (χ2n) is 2.97. The molecule has 0 saturated heterocycles. The van der Waals surface area contributed by atoms with Crippen molar-refractivity contribution in [2.24, 2.45) is 0 Å². The van der Waals surface area contributed by atoms with E-state index in [4.69, 9.17) is 5.11 Å². The monoisotopic (exact) mass is 196 g/mol. The maximum Gasteiger partial charge on any atom is 0.127 e. The first kappa shape index (κ1) is 10.3. The molecule has 0 saturated carbocycles. The Morgan fingerprint density at radius 2 is 2.31 bits per heavy atom. The third-order valence-corrected chi connectivity index (χ3v) is 2.44. The van der Waals surface area contributed by atoms with Crippen molar-refractivity contribution < 1.29 is 9.90 Å². The summed E-state index contributed by atoms with van der Waals surface area (Å²) < 4.78 is 0. The maximum atomic E-state index is 10.5. The quantitative estimate of drug-likeness (QED) is 0.571. The summed E-state index contributed by atoms with van der Waals surface area (Å²) in [6.45, 7) is 1.78. The molecule has 0 amide bonds. The second-order valence-corrected chi connectivity index (χ2v) is 3.45. The summed E-state index contributed by atoms with van der Waals surface area (Å²) in [6, 6.07) is 5.45. The van der Waals surface area contributed by atoms with E-state index in [0.29, 0.717) is 0 Å². The standard InChI is InChI=1S/C10H12O2S/c1-7(5-11)8-2-3-10(13)9(4-8)6-12/h2-5,7,12-13H,6H2,1H3. The predicted octanol–water partition coefficient (Wildman–Crippen LogP) is 1.77. The van der Waals surface area contributed by atoms with Crippen molar-refractivity contribution in [3.8, 4) is 0 Å². The van der Waals surface area contributed by atoms with Crippen molar-refractivity contribution in [2.45, 2.75) is 24.3 Å². The van der Waals surface area contributed by atoms with Gasteiger partial charge in [-0.2, -0.15) is 0 Å². The lowest BCUT2D eigenvalue weighted by atomic mass is 10.0. The summed E-state index contributed by atoms with van der Waals surface area (Å²) in [7, 11) is 0. The molecule has 1 rings (SSSR count). The Bertz CT molecular complexity index is 310. The second kappa shape index (κ2) is 4.44. The molecule has 1 aromatic carbocycles. The Morgan fingerprint density at radius 3 is 2.85 bits per heavy atom. The van der Waals surface area contributed by atoms with Crippen LogP contribution in [0.25, 0.3) is 0 Å². The van der Waals surface area contributed by atoms with E-state index in [1.54, 1.807) is 12.1 Å². The van der Waals surface area contributed by atoms with Crippen molar-refractivity contribution in [3.63, 3.8) is 0 Å². The van der Waals surface area contributed by atoms with Crippen molar-refractivity contribution >= 4 is 18.9 Å². The average molecular weight is 196 g/mol. The molecule has 13 heavy (non-hydrogen) atoms. The molecule has 0 fully saturated rings. The molecule has 1 unspecified atom stereocenters. The van der Waals surface area contributed by atoms with Gasteiger partial charge in [0.2, 0.25) is 0 Å². The normalized spacial score (nSPS) is 12.5. The van der Waals surface area contributed by atoms with Crippen LogP contribution in [0.1, 0.15) is 24.0 Å². The zero-order valence-corrected chi connectivity index (χ0v) is 8.29. The first-order valence-corrected chi connectivity index (χ1v) is 4.51. The smallest absolute Gasteiger partial charge is 0.127 e. The van der Waals surface area contributed by atoms with Gasteiger partial charge in [-0.3, -0.25) is 0 Å². The molecule has 1 aromatic rings. The summed E-state index contributed by atoms with van der Waals surface area (Å²) in [5, 5.41) is 8.96. The van der Waals surface area contributed by atoms with Gasteiger partial charge < -0.3 is 9.90 Å². The largest absolute Gasteiger partial charge is 0.392 e. The van der Waals surface area contributed by atoms with Crippen LogP contribution in [-0.2, 0) is 11.4 Å². The third-order valence-electron chi connectivity index (χ3n) is 2.00. The van der Waals surface area contributed by atoms with Gasteiger partial charge in [0, 0.05) is 10.8 Å². The molecule has 1 atom stereocenters. The van der Waals surface area contributed by atoms with Crippen LogP contribution in [0.3, 0.4) is 0 Å². The van der Waals surface area contributed by atoms with Gasteiger partial charge in [-0.05, 0) is 17.2 Å². The summed E-state index contributed by atoms with van der Waals surface area (Å²) >= 11 is 4.17. The Morgan fingerprint density at radius 1 is 1.62 bits per heavy atom. The molecule has 0 bridgehead atoms. The molecule has 0 aliphatic heterocycles. The summed E-state index contributed by atoms with van der Waals surface area (Å²) in [5.41, 5.74) is 1.67. The number of aliphatic hydroxyl groups is 1. The van der Waals surface area contributed by atoms with Crippen LogP contribution >= 0.6 is 12.6 Å².